The van der Waals surface area contributed by atoms with Crippen molar-refractivity contribution in [1.29, 1.82) is 0 Å². The van der Waals surface area contributed by atoms with Crippen LogP contribution in [0.1, 0.15) is 32.6 Å². The number of hydrogen-bond donors (Lipinski definition) is 1. The van der Waals surface area contributed by atoms with E-state index < -0.39 is 0 Å². The highest BCUT2D eigenvalue weighted by Crippen LogP contribution is 2.20. The second-order valence-corrected chi connectivity index (χ2v) is 5.09. The van der Waals surface area contributed by atoms with Gasteiger partial charge in [-0.25, -0.2) is 9.97 Å². The van der Waals surface area contributed by atoms with Crippen molar-refractivity contribution in [2.45, 2.75) is 39.2 Å². The molecule has 0 aliphatic rings. The first-order chi connectivity index (χ1) is 8.22. The molecule has 0 fully saturated rings. The largest absolute Gasteiger partial charge is 0.369 e. The number of rotatable bonds is 5. The number of nitrogens with two attached hydrogens (primary N) is 1. The molecule has 92 valence electrons. The predicted octanol–water partition coefficient (Wildman–Crippen LogP) is 3.36. The maximum atomic E-state index is 5.91. The van der Waals surface area contributed by atoms with Gasteiger partial charge in [-0.1, -0.05) is 26.2 Å². The second-order valence-electron chi connectivity index (χ2n) is 4.18. The first-order valence-corrected chi connectivity index (χ1v) is 6.79. The highest BCUT2D eigenvalue weighted by Gasteiger charge is 2.09. The monoisotopic (exact) mass is 296 g/mol. The van der Waals surface area contributed by atoms with Gasteiger partial charge in [0.15, 0.2) is 5.65 Å². The van der Waals surface area contributed by atoms with E-state index in [4.69, 9.17) is 5.73 Å². The van der Waals surface area contributed by atoms with E-state index in [1.54, 1.807) is 6.20 Å². The lowest BCUT2D eigenvalue weighted by atomic mass is 10.2. The topological polar surface area (TPSA) is 56.7 Å². The summed E-state index contributed by atoms with van der Waals surface area (Å²) in [6, 6.07) is 1.95. The number of imidazole rings is 1. The van der Waals surface area contributed by atoms with E-state index in [1.165, 1.54) is 19.3 Å². The van der Waals surface area contributed by atoms with Crippen LogP contribution in [0.5, 0.6) is 0 Å². The van der Waals surface area contributed by atoms with E-state index in [0.717, 1.165) is 28.6 Å². The molecule has 0 saturated carbocycles. The highest BCUT2D eigenvalue weighted by molar-refractivity contribution is 9.10. The van der Waals surface area contributed by atoms with Crippen molar-refractivity contribution < 1.29 is 0 Å². The normalized spacial score (nSPS) is 11.2. The van der Waals surface area contributed by atoms with E-state index in [2.05, 4.69) is 32.8 Å². The zero-order chi connectivity index (χ0) is 12.3. The predicted molar refractivity (Wildman–Crippen MR) is 73.8 cm³/mol. The number of fused-ring (bicyclic) bond motifs is 1. The molecule has 4 nitrogen and oxygen atoms in total. The Kier molecular flexibility index (Phi) is 3.99. The maximum absolute atomic E-state index is 5.91. The fourth-order valence-corrected chi connectivity index (χ4v) is 2.24. The summed E-state index contributed by atoms with van der Waals surface area (Å²) in [5.74, 6) is 0.557. The average molecular weight is 297 g/mol. The van der Waals surface area contributed by atoms with Gasteiger partial charge in [0.05, 0.1) is 0 Å². The lowest BCUT2D eigenvalue weighted by Gasteiger charge is -2.05. The van der Waals surface area contributed by atoms with Crippen LogP contribution in [0.3, 0.4) is 0 Å². The first-order valence-electron chi connectivity index (χ1n) is 5.99. The third kappa shape index (κ3) is 2.77. The minimum Gasteiger partial charge on any atom is -0.369 e. The molecular weight excluding hydrogens is 280 g/mol. The van der Waals surface area contributed by atoms with Crippen LogP contribution in [-0.2, 0) is 6.54 Å². The lowest BCUT2D eigenvalue weighted by Crippen LogP contribution is -2.04. The van der Waals surface area contributed by atoms with E-state index in [0.29, 0.717) is 5.95 Å². The number of nitrogens with zero attached hydrogens (tertiary/aromatic N) is 3. The molecule has 0 aliphatic heterocycles. The minimum atomic E-state index is 0.557. The van der Waals surface area contributed by atoms with Crippen LogP contribution in [0.2, 0.25) is 0 Å². The summed E-state index contributed by atoms with van der Waals surface area (Å²) in [5, 5.41) is 0. The number of pyridine rings is 1. The Morgan fingerprint density at radius 2 is 2.18 bits per heavy atom. The Morgan fingerprint density at radius 1 is 1.35 bits per heavy atom. The summed E-state index contributed by atoms with van der Waals surface area (Å²) in [4.78, 5) is 8.70. The Labute approximate surface area is 109 Å². The van der Waals surface area contributed by atoms with Crippen molar-refractivity contribution in [1.82, 2.24) is 14.5 Å². The molecule has 0 aromatic carbocycles. The highest BCUT2D eigenvalue weighted by atomic mass is 79.9. The lowest BCUT2D eigenvalue weighted by molar-refractivity contribution is 0.593. The summed E-state index contributed by atoms with van der Waals surface area (Å²) in [6.45, 7) is 3.11. The van der Waals surface area contributed by atoms with Crippen LogP contribution >= 0.6 is 15.9 Å². The third-order valence-electron chi connectivity index (χ3n) is 2.82. The summed E-state index contributed by atoms with van der Waals surface area (Å²) >= 11 is 3.39. The number of unbranched alkanes of at least 4 members (excludes halogenated alkanes) is 3. The number of hydrogen-bond acceptors (Lipinski definition) is 3. The van der Waals surface area contributed by atoms with E-state index >= 15 is 0 Å². The molecule has 0 aliphatic carbocycles. The molecule has 0 saturated heterocycles. The van der Waals surface area contributed by atoms with Gasteiger partial charge in [-0.05, 0) is 28.4 Å². The SMILES string of the molecule is CCCCCCn1c(N)nc2cc(Br)cnc21. The van der Waals surface area contributed by atoms with Crippen LogP contribution in [0.4, 0.5) is 5.95 Å². The molecular formula is C12H17BrN4. The van der Waals surface area contributed by atoms with Gasteiger partial charge >= 0.3 is 0 Å². The Morgan fingerprint density at radius 3 is 2.94 bits per heavy atom. The van der Waals surface area contributed by atoms with Crippen molar-refractivity contribution in [3.8, 4) is 0 Å². The fourth-order valence-electron chi connectivity index (χ4n) is 1.92. The molecule has 2 aromatic heterocycles. The Balaban J connectivity index is 2.18. The van der Waals surface area contributed by atoms with Gasteiger partial charge in [0.25, 0.3) is 0 Å². The van der Waals surface area contributed by atoms with Crippen molar-refractivity contribution in [2.75, 3.05) is 5.73 Å². The van der Waals surface area contributed by atoms with E-state index in [9.17, 15) is 0 Å². The average Bonchev–Trinajstić information content (AvgIpc) is 2.60. The molecule has 0 radical (unpaired) electrons. The molecule has 2 N–H and O–H groups in total. The smallest absolute Gasteiger partial charge is 0.202 e. The van der Waals surface area contributed by atoms with Gasteiger partial charge in [-0.2, -0.15) is 0 Å². The quantitative estimate of drug-likeness (QED) is 0.861. The molecule has 0 spiro atoms. The standard InChI is InChI=1S/C12H17BrN4/c1-2-3-4-5-6-17-11-10(16-12(17)14)7-9(13)8-15-11/h7-8H,2-6H2,1H3,(H2,14,16). The number of anilines is 1. The summed E-state index contributed by atoms with van der Waals surface area (Å²) in [6.07, 6.45) is 6.65. The van der Waals surface area contributed by atoms with Gasteiger partial charge in [-0.3, -0.25) is 4.57 Å². The van der Waals surface area contributed by atoms with Crippen LogP contribution in [0.25, 0.3) is 11.2 Å². The summed E-state index contributed by atoms with van der Waals surface area (Å²) < 4.78 is 2.93. The molecule has 2 rings (SSSR count). The van der Waals surface area contributed by atoms with Gasteiger partial charge in [-0.15, -0.1) is 0 Å². The number of aromatic nitrogens is 3. The first kappa shape index (κ1) is 12.4. The number of halogens is 1. The van der Waals surface area contributed by atoms with E-state index in [1.807, 2.05) is 10.6 Å². The molecule has 5 heteroatoms. The van der Waals surface area contributed by atoms with Crippen molar-refractivity contribution >= 4 is 33.0 Å². The molecule has 2 aromatic rings. The van der Waals surface area contributed by atoms with Crippen molar-refractivity contribution in [3.05, 3.63) is 16.7 Å². The van der Waals surface area contributed by atoms with Gasteiger partial charge in [0, 0.05) is 17.2 Å². The number of nitrogen functional groups attached to an aromatic ring is 1. The van der Waals surface area contributed by atoms with Gasteiger partial charge < -0.3 is 5.73 Å². The van der Waals surface area contributed by atoms with Gasteiger partial charge in [0.2, 0.25) is 5.95 Å². The minimum absolute atomic E-state index is 0.557. The van der Waals surface area contributed by atoms with Crippen molar-refractivity contribution in [3.63, 3.8) is 0 Å². The Bertz CT molecular complexity index is 506. The molecule has 0 atom stereocenters. The fraction of sp³-hybridized carbons (Fsp3) is 0.500. The molecule has 0 amide bonds. The summed E-state index contributed by atoms with van der Waals surface area (Å²) in [5.41, 5.74) is 7.65. The van der Waals surface area contributed by atoms with Crippen LogP contribution < -0.4 is 5.73 Å². The zero-order valence-electron chi connectivity index (χ0n) is 9.99. The third-order valence-corrected chi connectivity index (χ3v) is 3.25. The molecule has 0 unspecified atom stereocenters. The second kappa shape index (κ2) is 5.49. The maximum Gasteiger partial charge on any atom is 0.202 e. The van der Waals surface area contributed by atoms with E-state index in [-0.39, 0.29) is 0 Å². The Hall–Kier alpha value is -1.10. The zero-order valence-corrected chi connectivity index (χ0v) is 11.6. The summed E-state index contributed by atoms with van der Waals surface area (Å²) in [7, 11) is 0. The van der Waals surface area contributed by atoms with Gasteiger partial charge in [0.1, 0.15) is 5.52 Å². The molecule has 2 heterocycles. The molecule has 17 heavy (non-hydrogen) atoms. The van der Waals surface area contributed by atoms with Crippen LogP contribution in [-0.4, -0.2) is 14.5 Å². The number of aryl methyl sites for hydroxylation is 1. The van der Waals surface area contributed by atoms with Crippen molar-refractivity contribution in [2.24, 2.45) is 0 Å². The van der Waals surface area contributed by atoms with Crippen LogP contribution in [0.15, 0.2) is 16.7 Å². The molecule has 0 bridgehead atoms. The van der Waals surface area contributed by atoms with Crippen LogP contribution in [0, 0.1) is 0 Å².